The van der Waals surface area contributed by atoms with Crippen molar-refractivity contribution in [1.29, 1.82) is 0 Å². The summed E-state index contributed by atoms with van der Waals surface area (Å²) in [5.41, 5.74) is 1.96. The summed E-state index contributed by atoms with van der Waals surface area (Å²) >= 11 is 5.99. The van der Waals surface area contributed by atoms with Crippen molar-refractivity contribution in [3.8, 4) is 11.4 Å². The van der Waals surface area contributed by atoms with Crippen molar-refractivity contribution < 1.29 is 9.53 Å². The third kappa shape index (κ3) is 3.94. The molecular formula is C18H16ClN3O2. The van der Waals surface area contributed by atoms with E-state index in [1.807, 2.05) is 41.1 Å². The van der Waals surface area contributed by atoms with E-state index in [0.717, 1.165) is 11.3 Å². The van der Waals surface area contributed by atoms with Crippen molar-refractivity contribution in [2.24, 2.45) is 0 Å². The van der Waals surface area contributed by atoms with Gasteiger partial charge in [0.1, 0.15) is 5.75 Å². The molecule has 0 saturated carbocycles. The zero-order chi connectivity index (χ0) is 16.8. The molecule has 0 unspecified atom stereocenters. The quantitative estimate of drug-likeness (QED) is 0.749. The molecule has 0 bridgehead atoms. The van der Waals surface area contributed by atoms with E-state index in [2.05, 4.69) is 10.3 Å². The van der Waals surface area contributed by atoms with Crippen LogP contribution in [0.4, 0.5) is 0 Å². The topological polar surface area (TPSA) is 56.1 Å². The Morgan fingerprint density at radius 3 is 2.75 bits per heavy atom. The normalized spacial score (nSPS) is 10.4. The van der Waals surface area contributed by atoms with Gasteiger partial charge >= 0.3 is 0 Å². The number of hydrogen-bond donors (Lipinski definition) is 1. The number of nitrogens with zero attached hydrogens (tertiary/aromatic N) is 2. The summed E-state index contributed by atoms with van der Waals surface area (Å²) in [4.78, 5) is 16.0. The van der Waals surface area contributed by atoms with Gasteiger partial charge in [-0.15, -0.1) is 0 Å². The lowest BCUT2D eigenvalue weighted by molar-refractivity contribution is -0.123. The van der Waals surface area contributed by atoms with Crippen LogP contribution >= 0.6 is 11.6 Å². The third-order valence-electron chi connectivity index (χ3n) is 3.45. The Morgan fingerprint density at radius 2 is 1.96 bits per heavy atom. The largest absolute Gasteiger partial charge is 0.482 e. The van der Waals surface area contributed by atoms with Crippen LogP contribution in [0, 0.1) is 0 Å². The van der Waals surface area contributed by atoms with Crippen molar-refractivity contribution in [2.45, 2.75) is 6.54 Å². The minimum atomic E-state index is -0.213. The van der Waals surface area contributed by atoms with Crippen molar-refractivity contribution >= 4 is 17.5 Å². The predicted octanol–water partition coefficient (Wildman–Crippen LogP) is 3.22. The van der Waals surface area contributed by atoms with Gasteiger partial charge in [0.2, 0.25) is 0 Å². The van der Waals surface area contributed by atoms with Gasteiger partial charge in [-0.3, -0.25) is 4.79 Å². The average molecular weight is 342 g/mol. The van der Waals surface area contributed by atoms with Gasteiger partial charge in [-0.2, -0.15) is 0 Å². The van der Waals surface area contributed by atoms with Crippen LogP contribution in [0.5, 0.6) is 5.75 Å². The average Bonchev–Trinajstić information content (AvgIpc) is 3.14. The molecule has 3 aromatic rings. The summed E-state index contributed by atoms with van der Waals surface area (Å²) in [6.45, 7) is 0.316. The van der Waals surface area contributed by atoms with Crippen LogP contribution in [0.15, 0.2) is 67.3 Å². The first-order chi connectivity index (χ1) is 11.7. The van der Waals surface area contributed by atoms with Gasteiger partial charge in [0.05, 0.1) is 17.0 Å². The van der Waals surface area contributed by atoms with Crippen LogP contribution in [0.3, 0.4) is 0 Å². The van der Waals surface area contributed by atoms with Crippen LogP contribution in [0.2, 0.25) is 5.02 Å². The fraction of sp³-hybridized carbons (Fsp3) is 0.111. The molecule has 6 heteroatoms. The van der Waals surface area contributed by atoms with Gasteiger partial charge in [-0.25, -0.2) is 4.98 Å². The second-order valence-electron chi connectivity index (χ2n) is 5.09. The number of nitrogens with one attached hydrogen (secondary N) is 1. The van der Waals surface area contributed by atoms with Gasteiger partial charge < -0.3 is 14.6 Å². The molecule has 1 aromatic heterocycles. The molecule has 0 fully saturated rings. The summed E-state index contributed by atoms with van der Waals surface area (Å²) in [7, 11) is 0. The zero-order valence-electron chi connectivity index (χ0n) is 12.9. The Morgan fingerprint density at radius 1 is 1.17 bits per heavy atom. The molecular weight excluding hydrogens is 326 g/mol. The molecule has 122 valence electrons. The van der Waals surface area contributed by atoms with E-state index in [1.165, 1.54) is 0 Å². The second kappa shape index (κ2) is 7.66. The maximum atomic E-state index is 12.0. The van der Waals surface area contributed by atoms with Gasteiger partial charge in [-0.05, 0) is 23.8 Å². The molecule has 0 atom stereocenters. The Labute approximate surface area is 144 Å². The van der Waals surface area contributed by atoms with Gasteiger partial charge in [0.25, 0.3) is 5.91 Å². The molecule has 1 N–H and O–H groups in total. The number of halogens is 1. The minimum Gasteiger partial charge on any atom is -0.482 e. The maximum absolute atomic E-state index is 12.0. The van der Waals surface area contributed by atoms with Crippen molar-refractivity contribution in [3.63, 3.8) is 0 Å². The van der Waals surface area contributed by atoms with E-state index in [-0.39, 0.29) is 12.5 Å². The highest BCUT2D eigenvalue weighted by molar-refractivity contribution is 6.32. The van der Waals surface area contributed by atoms with E-state index in [4.69, 9.17) is 16.3 Å². The second-order valence-corrected chi connectivity index (χ2v) is 5.50. The number of imidazole rings is 1. The van der Waals surface area contributed by atoms with Crippen LogP contribution in [-0.4, -0.2) is 22.1 Å². The molecule has 1 heterocycles. The summed E-state index contributed by atoms with van der Waals surface area (Å²) < 4.78 is 7.33. The highest BCUT2D eigenvalue weighted by Crippen LogP contribution is 2.22. The molecule has 0 spiro atoms. The lowest BCUT2D eigenvalue weighted by Gasteiger charge is -2.12. The number of carbonyl (C=O) groups excluding carboxylic acids is 1. The number of benzene rings is 2. The van der Waals surface area contributed by atoms with E-state index >= 15 is 0 Å². The van der Waals surface area contributed by atoms with Crippen molar-refractivity contribution in [1.82, 2.24) is 14.9 Å². The maximum Gasteiger partial charge on any atom is 0.258 e. The smallest absolute Gasteiger partial charge is 0.258 e. The summed E-state index contributed by atoms with van der Waals surface area (Å²) in [5, 5.41) is 3.33. The SMILES string of the molecule is O=C(COc1ccccc1Cl)NCc1ccccc1-n1ccnc1. The Hall–Kier alpha value is -2.79. The van der Waals surface area contributed by atoms with Crippen LogP contribution in [0.1, 0.15) is 5.56 Å². The molecule has 5 nitrogen and oxygen atoms in total. The molecule has 24 heavy (non-hydrogen) atoms. The first-order valence-corrected chi connectivity index (χ1v) is 7.82. The first kappa shape index (κ1) is 16.1. The lowest BCUT2D eigenvalue weighted by Crippen LogP contribution is -2.28. The fourth-order valence-corrected chi connectivity index (χ4v) is 2.45. The van der Waals surface area contributed by atoms with E-state index in [1.54, 1.807) is 30.7 Å². The van der Waals surface area contributed by atoms with Crippen LogP contribution in [-0.2, 0) is 11.3 Å². The monoisotopic (exact) mass is 341 g/mol. The molecule has 3 rings (SSSR count). The van der Waals surface area contributed by atoms with E-state index < -0.39 is 0 Å². The Kier molecular flexibility index (Phi) is 5.13. The van der Waals surface area contributed by atoms with E-state index in [9.17, 15) is 4.79 Å². The predicted molar refractivity (Wildman–Crippen MR) is 92.4 cm³/mol. The van der Waals surface area contributed by atoms with Gasteiger partial charge in [-0.1, -0.05) is 41.9 Å². The van der Waals surface area contributed by atoms with Crippen LogP contribution in [0.25, 0.3) is 5.69 Å². The Balaban J connectivity index is 1.58. The highest BCUT2D eigenvalue weighted by atomic mass is 35.5. The molecule has 1 amide bonds. The van der Waals surface area contributed by atoms with E-state index in [0.29, 0.717) is 17.3 Å². The number of carbonyl (C=O) groups is 1. The molecule has 2 aromatic carbocycles. The van der Waals surface area contributed by atoms with Crippen LogP contribution < -0.4 is 10.1 Å². The molecule has 0 radical (unpaired) electrons. The number of ether oxygens (including phenoxy) is 1. The number of para-hydroxylation sites is 2. The molecule has 0 saturated heterocycles. The number of rotatable bonds is 6. The Bertz CT molecular complexity index is 819. The molecule has 0 aliphatic heterocycles. The first-order valence-electron chi connectivity index (χ1n) is 7.44. The zero-order valence-corrected chi connectivity index (χ0v) is 13.6. The van der Waals surface area contributed by atoms with Gasteiger partial charge in [0, 0.05) is 18.9 Å². The molecule has 0 aliphatic rings. The van der Waals surface area contributed by atoms with Crippen molar-refractivity contribution in [2.75, 3.05) is 6.61 Å². The lowest BCUT2D eigenvalue weighted by atomic mass is 10.1. The summed E-state index contributed by atoms with van der Waals surface area (Å²) in [5.74, 6) is 0.281. The number of amides is 1. The molecule has 0 aliphatic carbocycles. The number of hydrogen-bond acceptors (Lipinski definition) is 3. The summed E-state index contributed by atoms with van der Waals surface area (Å²) in [6.07, 6.45) is 5.30. The standard InChI is InChI=1S/C18H16ClN3O2/c19-15-6-2-4-8-17(15)24-12-18(23)21-11-14-5-1-3-7-16(14)22-10-9-20-13-22/h1-10,13H,11-12H2,(H,21,23). The number of aromatic nitrogens is 2. The van der Waals surface area contributed by atoms with Crippen molar-refractivity contribution in [3.05, 3.63) is 77.8 Å². The van der Waals surface area contributed by atoms with Gasteiger partial charge in [0.15, 0.2) is 6.61 Å². The fourth-order valence-electron chi connectivity index (χ4n) is 2.26. The minimum absolute atomic E-state index is 0.0863. The third-order valence-corrected chi connectivity index (χ3v) is 3.76. The summed E-state index contributed by atoms with van der Waals surface area (Å²) in [6, 6.07) is 14.9. The highest BCUT2D eigenvalue weighted by Gasteiger charge is 2.08.